The normalized spacial score (nSPS) is 11.9. The van der Waals surface area contributed by atoms with Crippen molar-refractivity contribution in [3.63, 3.8) is 0 Å². The van der Waals surface area contributed by atoms with E-state index in [0.717, 1.165) is 0 Å². The van der Waals surface area contributed by atoms with Crippen LogP contribution in [-0.4, -0.2) is 32.7 Å². The van der Waals surface area contributed by atoms with Crippen LogP contribution in [-0.2, 0) is 10.8 Å². The predicted octanol–water partition coefficient (Wildman–Crippen LogP) is 0.0658. The summed E-state index contributed by atoms with van der Waals surface area (Å²) in [6.45, 7) is 0.418. The van der Waals surface area contributed by atoms with Crippen LogP contribution in [0.25, 0.3) is 0 Å². The molecule has 1 unspecified atom stereocenters. The van der Waals surface area contributed by atoms with Crippen LogP contribution in [0.4, 0.5) is 17.3 Å². The number of aromatic nitrogens is 1. The third kappa shape index (κ3) is 4.33. The quantitative estimate of drug-likeness (QED) is 0.375. The Kier molecular flexibility index (Phi) is 4.79. The van der Waals surface area contributed by atoms with Gasteiger partial charge in [0, 0.05) is 29.4 Å². The van der Waals surface area contributed by atoms with Gasteiger partial charge in [0.25, 0.3) is 5.69 Å². The summed E-state index contributed by atoms with van der Waals surface area (Å²) in [5, 5.41) is 13.5. The van der Waals surface area contributed by atoms with E-state index in [1.165, 1.54) is 12.1 Å². The van der Waals surface area contributed by atoms with Crippen molar-refractivity contribution < 1.29 is 9.13 Å². The highest BCUT2D eigenvalue weighted by Gasteiger charge is 2.10. The van der Waals surface area contributed by atoms with Gasteiger partial charge in [-0.3, -0.25) is 14.3 Å². The van der Waals surface area contributed by atoms with Gasteiger partial charge in [-0.2, -0.15) is 0 Å². The number of rotatable bonds is 6. The minimum absolute atomic E-state index is 0.118. The minimum atomic E-state index is -0.925. The van der Waals surface area contributed by atoms with E-state index < -0.39 is 15.7 Å². The van der Waals surface area contributed by atoms with Crippen molar-refractivity contribution in [1.29, 1.82) is 0 Å². The van der Waals surface area contributed by atoms with E-state index in [1.807, 2.05) is 0 Å². The van der Waals surface area contributed by atoms with Crippen molar-refractivity contribution in [2.45, 2.75) is 0 Å². The molecule has 1 rings (SSSR count). The third-order valence-electron chi connectivity index (χ3n) is 1.86. The van der Waals surface area contributed by atoms with E-state index in [9.17, 15) is 14.3 Å². The summed E-state index contributed by atoms with van der Waals surface area (Å²) in [4.78, 5) is 14.1. The molecule has 0 bridgehead atoms. The fourth-order valence-corrected chi connectivity index (χ4v) is 1.50. The number of pyridine rings is 1. The van der Waals surface area contributed by atoms with Crippen LogP contribution in [0.5, 0.6) is 0 Å². The highest BCUT2D eigenvalue weighted by molar-refractivity contribution is 7.84. The lowest BCUT2D eigenvalue weighted by atomic mass is 10.3. The first-order valence-electron chi connectivity index (χ1n) is 4.70. The number of hydrazine groups is 1. The molecule has 94 valence electrons. The zero-order valence-corrected chi connectivity index (χ0v) is 9.99. The second-order valence-corrected chi connectivity index (χ2v) is 4.76. The summed E-state index contributed by atoms with van der Waals surface area (Å²) in [6.07, 6.45) is 1.58. The molecule has 0 saturated carbocycles. The summed E-state index contributed by atoms with van der Waals surface area (Å²) in [5.41, 5.74) is 2.13. The monoisotopic (exact) mass is 259 g/mol. The Hall–Kier alpha value is -1.74. The molecule has 1 atom stereocenters. The second-order valence-electron chi connectivity index (χ2n) is 3.20. The molecule has 0 aliphatic carbocycles. The van der Waals surface area contributed by atoms with Crippen LogP contribution in [0.1, 0.15) is 0 Å². The number of hydrogen-bond acceptors (Lipinski definition) is 7. The molecule has 0 fully saturated rings. The van der Waals surface area contributed by atoms with Crippen molar-refractivity contribution in [2.75, 3.05) is 29.3 Å². The lowest BCUT2D eigenvalue weighted by Crippen LogP contribution is -2.13. The molecule has 17 heavy (non-hydrogen) atoms. The predicted molar refractivity (Wildman–Crippen MR) is 66.1 cm³/mol. The molecule has 9 heteroatoms. The Morgan fingerprint density at radius 1 is 1.53 bits per heavy atom. The summed E-state index contributed by atoms with van der Waals surface area (Å²) >= 11 is 0. The number of anilines is 2. The van der Waals surface area contributed by atoms with Gasteiger partial charge in [-0.25, -0.2) is 10.8 Å². The van der Waals surface area contributed by atoms with Crippen LogP contribution in [0, 0.1) is 10.1 Å². The lowest BCUT2D eigenvalue weighted by Gasteiger charge is -2.06. The topological polar surface area (TPSA) is 123 Å². The molecule has 1 aromatic rings. The van der Waals surface area contributed by atoms with E-state index in [0.29, 0.717) is 18.1 Å². The van der Waals surface area contributed by atoms with Crippen molar-refractivity contribution in [3.05, 3.63) is 22.2 Å². The van der Waals surface area contributed by atoms with Gasteiger partial charge in [-0.05, 0) is 0 Å². The number of nitro groups is 1. The fourth-order valence-electron chi connectivity index (χ4n) is 1.11. The molecule has 0 amide bonds. The van der Waals surface area contributed by atoms with Gasteiger partial charge in [0.05, 0.1) is 17.1 Å². The molecule has 0 spiro atoms. The van der Waals surface area contributed by atoms with Crippen LogP contribution >= 0.6 is 0 Å². The smallest absolute Gasteiger partial charge is 0.276 e. The summed E-state index contributed by atoms with van der Waals surface area (Å²) in [5.74, 6) is 6.10. The zero-order chi connectivity index (χ0) is 12.8. The Bertz CT molecular complexity index is 439. The zero-order valence-electron chi connectivity index (χ0n) is 9.17. The molecule has 0 saturated heterocycles. The second kappa shape index (κ2) is 6.11. The summed E-state index contributed by atoms with van der Waals surface area (Å²) in [6, 6.07) is 2.52. The van der Waals surface area contributed by atoms with Gasteiger partial charge < -0.3 is 10.7 Å². The minimum Gasteiger partial charge on any atom is -0.369 e. The van der Waals surface area contributed by atoms with E-state index in [4.69, 9.17) is 5.84 Å². The van der Waals surface area contributed by atoms with Gasteiger partial charge in [-0.15, -0.1) is 0 Å². The van der Waals surface area contributed by atoms with Crippen LogP contribution in [0.15, 0.2) is 12.1 Å². The summed E-state index contributed by atoms with van der Waals surface area (Å²) in [7, 11) is -0.925. The van der Waals surface area contributed by atoms with Gasteiger partial charge in [0.1, 0.15) is 11.6 Å². The number of hydrogen-bond donors (Lipinski definition) is 3. The molecule has 4 N–H and O–H groups in total. The van der Waals surface area contributed by atoms with Gasteiger partial charge in [-0.1, -0.05) is 0 Å². The SMILES string of the molecule is CS(=O)CCNc1cc([N+](=O)[O-])cc(NN)n1. The van der Waals surface area contributed by atoms with E-state index in [1.54, 1.807) is 6.26 Å². The average Bonchev–Trinajstić information content (AvgIpc) is 2.28. The average molecular weight is 259 g/mol. The van der Waals surface area contributed by atoms with Gasteiger partial charge in [0.2, 0.25) is 0 Å². The Labute approximate surface area is 100 Å². The molecule has 1 heterocycles. The molecule has 0 aliphatic heterocycles. The first-order chi connectivity index (χ1) is 8.02. The standard InChI is InChI=1S/C8H13N5O3S/c1-17(16)3-2-10-7-4-6(13(14)15)5-8(11-7)12-9/h4-5H,2-3,9H2,1H3,(H2,10,11,12). The lowest BCUT2D eigenvalue weighted by molar-refractivity contribution is -0.384. The van der Waals surface area contributed by atoms with Gasteiger partial charge >= 0.3 is 0 Å². The molecule has 0 aromatic carbocycles. The maximum Gasteiger partial charge on any atom is 0.276 e. The van der Waals surface area contributed by atoms with Crippen LogP contribution in [0.2, 0.25) is 0 Å². The summed E-state index contributed by atoms with van der Waals surface area (Å²) < 4.78 is 10.8. The van der Waals surface area contributed by atoms with Crippen molar-refractivity contribution in [2.24, 2.45) is 5.84 Å². The maximum atomic E-state index is 10.8. The number of nitrogens with two attached hydrogens (primary N) is 1. The van der Waals surface area contributed by atoms with Gasteiger partial charge in [0.15, 0.2) is 0 Å². The van der Waals surface area contributed by atoms with E-state index in [-0.39, 0.29) is 11.5 Å². The molecule has 0 radical (unpaired) electrons. The van der Waals surface area contributed by atoms with Crippen molar-refractivity contribution in [3.8, 4) is 0 Å². The Balaban J connectivity index is 2.80. The van der Waals surface area contributed by atoms with Crippen LogP contribution < -0.4 is 16.6 Å². The number of nitrogens with zero attached hydrogens (tertiary/aromatic N) is 2. The highest BCUT2D eigenvalue weighted by Crippen LogP contribution is 2.19. The number of nitrogens with one attached hydrogen (secondary N) is 2. The Morgan fingerprint density at radius 3 is 2.71 bits per heavy atom. The van der Waals surface area contributed by atoms with E-state index >= 15 is 0 Å². The third-order valence-corrected chi connectivity index (χ3v) is 2.64. The first-order valence-corrected chi connectivity index (χ1v) is 6.42. The molecule has 8 nitrogen and oxygen atoms in total. The Morgan fingerprint density at radius 2 is 2.18 bits per heavy atom. The van der Waals surface area contributed by atoms with Crippen molar-refractivity contribution in [1.82, 2.24) is 4.98 Å². The number of nitrogen functional groups attached to an aromatic ring is 1. The van der Waals surface area contributed by atoms with Crippen molar-refractivity contribution >= 4 is 28.1 Å². The van der Waals surface area contributed by atoms with Crippen LogP contribution in [0.3, 0.4) is 0 Å². The highest BCUT2D eigenvalue weighted by atomic mass is 32.2. The maximum absolute atomic E-state index is 10.8. The molecular weight excluding hydrogens is 246 g/mol. The molecule has 1 aromatic heterocycles. The molecule has 0 aliphatic rings. The fraction of sp³-hybridized carbons (Fsp3) is 0.375. The molecular formula is C8H13N5O3S. The largest absolute Gasteiger partial charge is 0.369 e. The van der Waals surface area contributed by atoms with E-state index in [2.05, 4.69) is 15.7 Å². The first kappa shape index (κ1) is 13.3.